The zero-order chi connectivity index (χ0) is 15.1. The van der Waals surface area contributed by atoms with Crippen LogP contribution in [-0.2, 0) is 13.0 Å². The van der Waals surface area contributed by atoms with Gasteiger partial charge in [0.25, 0.3) is 0 Å². The van der Waals surface area contributed by atoms with Gasteiger partial charge < -0.3 is 10.1 Å². The molecule has 2 aromatic carbocycles. The van der Waals surface area contributed by atoms with Crippen LogP contribution in [0.3, 0.4) is 0 Å². The first kappa shape index (κ1) is 15.9. The highest BCUT2D eigenvalue weighted by Crippen LogP contribution is 2.30. The second kappa shape index (κ2) is 8.06. The normalized spacial score (nSPS) is 10.6. The van der Waals surface area contributed by atoms with Crippen LogP contribution >= 0.6 is 11.6 Å². The fraction of sp³-hybridized carbons (Fsp3) is 0.333. The van der Waals surface area contributed by atoms with Gasteiger partial charge in [-0.1, -0.05) is 43.6 Å². The molecule has 0 atom stereocenters. The van der Waals surface area contributed by atoms with Crippen LogP contribution in [0, 0.1) is 0 Å². The van der Waals surface area contributed by atoms with Crippen LogP contribution in [0.5, 0.6) is 11.5 Å². The Bertz CT molecular complexity index is 566. The molecular formula is C18H22ClNO. The summed E-state index contributed by atoms with van der Waals surface area (Å²) in [5.41, 5.74) is 2.47. The van der Waals surface area contributed by atoms with Crippen molar-refractivity contribution in [3.63, 3.8) is 0 Å². The summed E-state index contributed by atoms with van der Waals surface area (Å²) in [4.78, 5) is 0. The molecule has 0 aliphatic rings. The monoisotopic (exact) mass is 303 g/mol. The molecule has 1 N–H and O–H groups in total. The molecule has 0 spiro atoms. The van der Waals surface area contributed by atoms with E-state index in [1.807, 2.05) is 30.3 Å². The third kappa shape index (κ3) is 4.76. The molecule has 2 nitrogen and oxygen atoms in total. The van der Waals surface area contributed by atoms with Gasteiger partial charge in [-0.15, -0.1) is 0 Å². The van der Waals surface area contributed by atoms with Crippen LogP contribution in [-0.4, -0.2) is 6.54 Å². The lowest BCUT2D eigenvalue weighted by Gasteiger charge is -2.10. The molecule has 0 aliphatic heterocycles. The van der Waals surface area contributed by atoms with Crippen molar-refractivity contribution >= 4 is 11.6 Å². The zero-order valence-corrected chi connectivity index (χ0v) is 13.4. The second-order valence-electron chi connectivity index (χ2n) is 5.04. The summed E-state index contributed by atoms with van der Waals surface area (Å²) in [6.07, 6.45) is 2.16. The molecule has 0 saturated heterocycles. The second-order valence-corrected chi connectivity index (χ2v) is 5.45. The van der Waals surface area contributed by atoms with Gasteiger partial charge in [0, 0.05) is 6.54 Å². The lowest BCUT2D eigenvalue weighted by Crippen LogP contribution is -2.13. The van der Waals surface area contributed by atoms with Gasteiger partial charge >= 0.3 is 0 Å². The Labute approximate surface area is 132 Å². The largest absolute Gasteiger partial charge is 0.456 e. The number of nitrogens with one attached hydrogen (secondary N) is 1. The maximum atomic E-state index is 6.30. The van der Waals surface area contributed by atoms with Crippen LogP contribution in [0.25, 0.3) is 0 Å². The van der Waals surface area contributed by atoms with E-state index in [2.05, 4.69) is 31.3 Å². The van der Waals surface area contributed by atoms with Crippen molar-refractivity contribution in [2.24, 2.45) is 0 Å². The smallest absolute Gasteiger partial charge is 0.146 e. The molecule has 21 heavy (non-hydrogen) atoms. The maximum absolute atomic E-state index is 6.30. The van der Waals surface area contributed by atoms with E-state index in [1.165, 1.54) is 11.1 Å². The van der Waals surface area contributed by atoms with E-state index in [1.54, 1.807) is 0 Å². The van der Waals surface area contributed by atoms with Gasteiger partial charge in [-0.25, -0.2) is 0 Å². The maximum Gasteiger partial charge on any atom is 0.146 e. The van der Waals surface area contributed by atoms with Crippen molar-refractivity contribution in [3.05, 3.63) is 58.6 Å². The Morgan fingerprint density at radius 3 is 2.33 bits per heavy atom. The van der Waals surface area contributed by atoms with Crippen molar-refractivity contribution in [2.45, 2.75) is 33.2 Å². The Kier molecular flexibility index (Phi) is 6.09. The Balaban J connectivity index is 2.02. The highest BCUT2D eigenvalue weighted by molar-refractivity contribution is 6.32. The molecule has 0 amide bonds. The first-order valence-corrected chi connectivity index (χ1v) is 7.86. The van der Waals surface area contributed by atoms with E-state index in [0.29, 0.717) is 10.8 Å². The lowest BCUT2D eigenvalue weighted by atomic mass is 10.2. The van der Waals surface area contributed by atoms with Gasteiger partial charge in [-0.2, -0.15) is 0 Å². The molecule has 0 saturated carbocycles. The molecular weight excluding hydrogens is 282 g/mol. The van der Waals surface area contributed by atoms with Crippen LogP contribution in [0.2, 0.25) is 5.02 Å². The minimum Gasteiger partial charge on any atom is -0.456 e. The molecule has 0 bridgehead atoms. The van der Waals surface area contributed by atoms with E-state index in [4.69, 9.17) is 16.3 Å². The Hall–Kier alpha value is -1.51. The zero-order valence-electron chi connectivity index (χ0n) is 12.7. The predicted octanol–water partition coefficient (Wildman–Crippen LogP) is 5.19. The molecule has 0 fully saturated rings. The molecule has 0 aromatic heterocycles. The average Bonchev–Trinajstić information content (AvgIpc) is 2.51. The average molecular weight is 304 g/mol. The number of halogens is 1. The van der Waals surface area contributed by atoms with Crippen LogP contribution in [0.4, 0.5) is 0 Å². The SMILES string of the molecule is CCCNCc1ccc(Oc2ccc(CC)cc2)c(Cl)c1. The van der Waals surface area contributed by atoms with Crippen LogP contribution in [0.15, 0.2) is 42.5 Å². The summed E-state index contributed by atoms with van der Waals surface area (Å²) in [5.74, 6) is 1.51. The Morgan fingerprint density at radius 2 is 1.71 bits per heavy atom. The van der Waals surface area contributed by atoms with E-state index >= 15 is 0 Å². The number of benzene rings is 2. The van der Waals surface area contributed by atoms with E-state index < -0.39 is 0 Å². The number of rotatable bonds is 7. The van der Waals surface area contributed by atoms with E-state index in [-0.39, 0.29) is 0 Å². The molecule has 2 aromatic rings. The molecule has 2 rings (SSSR count). The number of hydrogen-bond donors (Lipinski definition) is 1. The van der Waals surface area contributed by atoms with Crippen molar-refractivity contribution in [1.29, 1.82) is 0 Å². The third-order valence-electron chi connectivity index (χ3n) is 3.31. The molecule has 0 unspecified atom stereocenters. The number of hydrogen-bond acceptors (Lipinski definition) is 2. The fourth-order valence-corrected chi connectivity index (χ4v) is 2.31. The summed E-state index contributed by atoms with van der Waals surface area (Å²) in [6, 6.07) is 14.0. The molecule has 112 valence electrons. The summed E-state index contributed by atoms with van der Waals surface area (Å²) >= 11 is 6.30. The first-order chi connectivity index (χ1) is 10.2. The topological polar surface area (TPSA) is 21.3 Å². The van der Waals surface area contributed by atoms with Crippen molar-refractivity contribution in [1.82, 2.24) is 5.32 Å². The summed E-state index contributed by atoms with van der Waals surface area (Å²) in [5, 5.41) is 4.00. The standard InChI is InChI=1S/C18H22ClNO/c1-3-11-20-13-15-7-10-18(17(19)12-15)21-16-8-5-14(4-2)6-9-16/h5-10,12,20H,3-4,11,13H2,1-2H3. The summed E-state index contributed by atoms with van der Waals surface area (Å²) < 4.78 is 5.84. The minimum atomic E-state index is 0.644. The van der Waals surface area contributed by atoms with Gasteiger partial charge in [0.15, 0.2) is 0 Å². The Morgan fingerprint density at radius 1 is 1.00 bits per heavy atom. The van der Waals surface area contributed by atoms with Gasteiger partial charge in [0.05, 0.1) is 5.02 Å². The lowest BCUT2D eigenvalue weighted by molar-refractivity contribution is 0.482. The third-order valence-corrected chi connectivity index (χ3v) is 3.61. The van der Waals surface area contributed by atoms with Crippen LogP contribution < -0.4 is 10.1 Å². The predicted molar refractivity (Wildman–Crippen MR) is 89.3 cm³/mol. The summed E-state index contributed by atoms with van der Waals surface area (Å²) in [7, 11) is 0. The fourth-order valence-electron chi connectivity index (χ4n) is 2.07. The van der Waals surface area contributed by atoms with E-state index in [9.17, 15) is 0 Å². The number of aryl methyl sites for hydroxylation is 1. The van der Waals surface area contributed by atoms with Crippen molar-refractivity contribution in [3.8, 4) is 11.5 Å². The highest BCUT2D eigenvalue weighted by atomic mass is 35.5. The van der Waals surface area contributed by atoms with Crippen molar-refractivity contribution in [2.75, 3.05) is 6.54 Å². The van der Waals surface area contributed by atoms with Gasteiger partial charge in [0.1, 0.15) is 11.5 Å². The summed E-state index contributed by atoms with van der Waals surface area (Å²) in [6.45, 7) is 6.14. The van der Waals surface area contributed by atoms with Gasteiger partial charge in [0.2, 0.25) is 0 Å². The molecule has 0 radical (unpaired) electrons. The quantitative estimate of drug-likeness (QED) is 0.710. The number of ether oxygens (including phenoxy) is 1. The molecule has 0 heterocycles. The first-order valence-electron chi connectivity index (χ1n) is 7.49. The highest BCUT2D eigenvalue weighted by Gasteiger charge is 2.05. The minimum absolute atomic E-state index is 0.644. The van der Waals surface area contributed by atoms with Gasteiger partial charge in [-0.05, 0) is 54.8 Å². The van der Waals surface area contributed by atoms with Gasteiger partial charge in [-0.3, -0.25) is 0 Å². The van der Waals surface area contributed by atoms with E-state index in [0.717, 1.165) is 31.7 Å². The van der Waals surface area contributed by atoms with Crippen LogP contribution in [0.1, 0.15) is 31.4 Å². The van der Waals surface area contributed by atoms with Crippen molar-refractivity contribution < 1.29 is 4.74 Å². The molecule has 0 aliphatic carbocycles. The molecule has 3 heteroatoms.